The van der Waals surface area contributed by atoms with Crippen molar-refractivity contribution in [1.29, 1.82) is 0 Å². The van der Waals surface area contributed by atoms with Crippen molar-refractivity contribution in [2.24, 2.45) is 5.14 Å². The molecule has 0 spiro atoms. The molecule has 0 aromatic carbocycles. The molecule has 0 saturated carbocycles. The van der Waals surface area contributed by atoms with Crippen molar-refractivity contribution in [3.8, 4) is 0 Å². The summed E-state index contributed by atoms with van der Waals surface area (Å²) in [6, 6.07) is 0. The van der Waals surface area contributed by atoms with Gasteiger partial charge < -0.3 is 10.6 Å². The summed E-state index contributed by atoms with van der Waals surface area (Å²) in [7, 11) is -3.64. The lowest BCUT2D eigenvalue weighted by molar-refractivity contribution is -0.383. The van der Waals surface area contributed by atoms with E-state index in [-0.39, 0.29) is 29.6 Å². The monoisotopic (exact) mass is 304 g/mol. The third-order valence-corrected chi connectivity index (χ3v) is 3.00. The Kier molecular flexibility index (Phi) is 5.58. The van der Waals surface area contributed by atoms with Crippen molar-refractivity contribution < 1.29 is 13.3 Å². The van der Waals surface area contributed by atoms with Crippen LogP contribution in [0.1, 0.15) is 13.3 Å². The molecule has 0 fully saturated rings. The molecule has 112 valence electrons. The molecule has 0 unspecified atom stereocenters. The molecule has 0 atom stereocenters. The van der Waals surface area contributed by atoms with E-state index in [4.69, 9.17) is 5.14 Å². The van der Waals surface area contributed by atoms with Crippen LogP contribution in [0.3, 0.4) is 0 Å². The lowest BCUT2D eigenvalue weighted by Crippen LogP contribution is -2.23. The lowest BCUT2D eigenvalue weighted by Gasteiger charge is -2.09. The predicted molar refractivity (Wildman–Crippen MR) is 73.9 cm³/mol. The summed E-state index contributed by atoms with van der Waals surface area (Å²) in [5.74, 6) is -0.316. The first-order valence-electron chi connectivity index (χ1n) is 5.82. The topological polar surface area (TPSA) is 153 Å². The summed E-state index contributed by atoms with van der Waals surface area (Å²) in [6.07, 6.45) is 1.93. The normalized spacial score (nSPS) is 11.1. The Morgan fingerprint density at radius 3 is 2.30 bits per heavy atom. The zero-order chi connectivity index (χ0) is 15.2. The molecular formula is C9H16N6O4S. The van der Waals surface area contributed by atoms with E-state index in [1.807, 2.05) is 6.92 Å². The molecule has 0 amide bonds. The summed E-state index contributed by atoms with van der Waals surface area (Å²) < 4.78 is 21.6. The van der Waals surface area contributed by atoms with Crippen molar-refractivity contribution >= 4 is 27.3 Å². The van der Waals surface area contributed by atoms with Crippen LogP contribution in [0.2, 0.25) is 0 Å². The molecule has 0 aliphatic heterocycles. The summed E-state index contributed by atoms with van der Waals surface area (Å²) >= 11 is 0. The smallest absolute Gasteiger partial charge is 0.353 e. The highest BCUT2D eigenvalue weighted by Gasteiger charge is 2.22. The van der Waals surface area contributed by atoms with Crippen LogP contribution in [-0.4, -0.2) is 42.2 Å². The Morgan fingerprint density at radius 2 is 1.85 bits per heavy atom. The van der Waals surface area contributed by atoms with Crippen molar-refractivity contribution in [3.63, 3.8) is 0 Å². The first kappa shape index (κ1) is 16.0. The van der Waals surface area contributed by atoms with Gasteiger partial charge in [-0.3, -0.25) is 10.1 Å². The molecule has 4 N–H and O–H groups in total. The fourth-order valence-electron chi connectivity index (χ4n) is 1.37. The van der Waals surface area contributed by atoms with Crippen LogP contribution in [0.15, 0.2) is 6.33 Å². The van der Waals surface area contributed by atoms with Gasteiger partial charge in [0.05, 0.1) is 10.7 Å². The second-order valence-electron chi connectivity index (χ2n) is 3.90. The SMILES string of the molecule is CCCNc1ncnc(NCCS(N)(=O)=O)c1[N+](=O)[O-]. The number of aromatic nitrogens is 2. The van der Waals surface area contributed by atoms with Gasteiger partial charge in [0.1, 0.15) is 6.33 Å². The van der Waals surface area contributed by atoms with E-state index in [0.717, 1.165) is 12.7 Å². The second-order valence-corrected chi connectivity index (χ2v) is 5.63. The number of anilines is 2. The van der Waals surface area contributed by atoms with Gasteiger partial charge in [0.25, 0.3) is 0 Å². The molecular weight excluding hydrogens is 288 g/mol. The van der Waals surface area contributed by atoms with Crippen molar-refractivity contribution in [2.75, 3.05) is 29.5 Å². The van der Waals surface area contributed by atoms with Gasteiger partial charge in [0.15, 0.2) is 0 Å². The first-order chi connectivity index (χ1) is 9.35. The maximum Gasteiger partial charge on any atom is 0.353 e. The highest BCUT2D eigenvalue weighted by molar-refractivity contribution is 7.89. The molecule has 0 aliphatic carbocycles. The first-order valence-corrected chi connectivity index (χ1v) is 7.54. The van der Waals surface area contributed by atoms with E-state index >= 15 is 0 Å². The average molecular weight is 304 g/mol. The summed E-state index contributed by atoms with van der Waals surface area (Å²) in [4.78, 5) is 18.0. The number of hydrogen-bond donors (Lipinski definition) is 3. The fourth-order valence-corrected chi connectivity index (χ4v) is 1.75. The molecule has 1 aromatic heterocycles. The van der Waals surface area contributed by atoms with Crippen LogP contribution in [0.5, 0.6) is 0 Å². The average Bonchev–Trinajstić information content (AvgIpc) is 2.34. The predicted octanol–water partition coefficient (Wildman–Crippen LogP) is -0.0929. The number of nitrogens with zero attached hydrogens (tertiary/aromatic N) is 3. The van der Waals surface area contributed by atoms with Gasteiger partial charge in [-0.25, -0.2) is 23.5 Å². The second kappa shape index (κ2) is 6.96. The van der Waals surface area contributed by atoms with E-state index < -0.39 is 14.9 Å². The highest BCUT2D eigenvalue weighted by atomic mass is 32.2. The Balaban J connectivity index is 2.91. The summed E-state index contributed by atoms with van der Waals surface area (Å²) in [5, 5.41) is 21.3. The van der Waals surface area contributed by atoms with Crippen molar-refractivity contribution in [2.45, 2.75) is 13.3 Å². The number of rotatable bonds is 8. The van der Waals surface area contributed by atoms with Gasteiger partial charge in [0, 0.05) is 13.1 Å². The maximum absolute atomic E-state index is 11.1. The van der Waals surface area contributed by atoms with Gasteiger partial charge in [0.2, 0.25) is 21.7 Å². The molecule has 0 saturated heterocycles. The standard InChI is InChI=1S/C9H16N6O4S/c1-2-3-11-8-7(15(16)17)9(14-6-13-8)12-4-5-20(10,18)19/h6H,2-5H2,1H3,(H2,10,18,19)(H2,11,12,13,14). The minimum absolute atomic E-state index is 0.0488. The third kappa shape index (κ3) is 4.93. The molecule has 0 bridgehead atoms. The molecule has 10 nitrogen and oxygen atoms in total. The number of nitro groups is 1. The molecule has 0 aliphatic rings. The summed E-state index contributed by atoms with van der Waals surface area (Å²) in [5.41, 5.74) is -0.324. The van der Waals surface area contributed by atoms with Crippen LogP contribution in [0, 0.1) is 10.1 Å². The third-order valence-electron chi connectivity index (χ3n) is 2.23. The van der Waals surface area contributed by atoms with E-state index in [0.29, 0.717) is 6.54 Å². The van der Waals surface area contributed by atoms with Crippen LogP contribution in [0.4, 0.5) is 17.3 Å². The van der Waals surface area contributed by atoms with Gasteiger partial charge >= 0.3 is 5.69 Å². The zero-order valence-corrected chi connectivity index (χ0v) is 11.7. The molecule has 1 aromatic rings. The molecule has 11 heteroatoms. The fraction of sp³-hybridized carbons (Fsp3) is 0.556. The number of primary sulfonamides is 1. The molecule has 20 heavy (non-hydrogen) atoms. The Labute approximate surface area is 116 Å². The lowest BCUT2D eigenvalue weighted by atomic mass is 10.4. The van der Waals surface area contributed by atoms with E-state index in [2.05, 4.69) is 20.6 Å². The van der Waals surface area contributed by atoms with E-state index in [1.165, 1.54) is 0 Å². The highest BCUT2D eigenvalue weighted by Crippen LogP contribution is 2.28. The number of sulfonamides is 1. The minimum atomic E-state index is -3.64. The quantitative estimate of drug-likeness (QED) is 0.444. The van der Waals surface area contributed by atoms with Crippen LogP contribution in [0.25, 0.3) is 0 Å². The molecule has 0 radical (unpaired) electrons. The summed E-state index contributed by atoms with van der Waals surface area (Å²) in [6.45, 7) is 2.35. The Hall–Kier alpha value is -2.01. The van der Waals surface area contributed by atoms with Crippen LogP contribution < -0.4 is 15.8 Å². The van der Waals surface area contributed by atoms with E-state index in [1.54, 1.807) is 0 Å². The van der Waals surface area contributed by atoms with Gasteiger partial charge in [-0.15, -0.1) is 0 Å². The largest absolute Gasteiger partial charge is 0.364 e. The van der Waals surface area contributed by atoms with Gasteiger partial charge in [-0.2, -0.15) is 0 Å². The Morgan fingerprint density at radius 1 is 1.30 bits per heavy atom. The number of hydrogen-bond acceptors (Lipinski definition) is 8. The zero-order valence-electron chi connectivity index (χ0n) is 10.9. The number of nitrogens with one attached hydrogen (secondary N) is 2. The number of nitrogens with two attached hydrogens (primary N) is 1. The van der Waals surface area contributed by atoms with Gasteiger partial charge in [-0.05, 0) is 6.42 Å². The molecule has 1 heterocycles. The maximum atomic E-state index is 11.1. The van der Waals surface area contributed by atoms with E-state index in [9.17, 15) is 18.5 Å². The minimum Gasteiger partial charge on any atom is -0.364 e. The Bertz CT molecular complexity index is 576. The van der Waals surface area contributed by atoms with Crippen LogP contribution in [-0.2, 0) is 10.0 Å². The van der Waals surface area contributed by atoms with Crippen LogP contribution >= 0.6 is 0 Å². The van der Waals surface area contributed by atoms with Crippen molar-refractivity contribution in [3.05, 3.63) is 16.4 Å². The molecule has 1 rings (SSSR count). The van der Waals surface area contributed by atoms with Gasteiger partial charge in [-0.1, -0.05) is 6.92 Å². The van der Waals surface area contributed by atoms with Crippen molar-refractivity contribution in [1.82, 2.24) is 9.97 Å².